The molecule has 20 heavy (non-hydrogen) atoms. The van der Waals surface area contributed by atoms with Crippen molar-refractivity contribution >= 4 is 27.5 Å². The summed E-state index contributed by atoms with van der Waals surface area (Å²) in [6.45, 7) is 0.254. The van der Waals surface area contributed by atoms with Gasteiger partial charge in [0.25, 0.3) is 0 Å². The maximum Gasteiger partial charge on any atom is 0.224 e. The molecule has 0 aromatic heterocycles. The Labute approximate surface area is 125 Å². The number of nitrogen functional groups attached to an aromatic ring is 1. The molecule has 0 fully saturated rings. The van der Waals surface area contributed by atoms with Gasteiger partial charge >= 0.3 is 0 Å². The lowest BCUT2D eigenvalue weighted by molar-refractivity contribution is -0.120. The third kappa shape index (κ3) is 3.99. The van der Waals surface area contributed by atoms with Crippen LogP contribution in [0.5, 0.6) is 5.75 Å². The number of nitrogens with two attached hydrogens (primary N) is 1. The van der Waals surface area contributed by atoms with E-state index < -0.39 is 0 Å². The topological polar surface area (TPSA) is 75.3 Å². The van der Waals surface area contributed by atoms with Gasteiger partial charge in [-0.25, -0.2) is 0 Å². The molecule has 5 heteroatoms. The summed E-state index contributed by atoms with van der Waals surface area (Å²) < 4.78 is 0.941. The molecule has 0 bridgehead atoms. The van der Waals surface area contributed by atoms with Crippen LogP contribution in [0.2, 0.25) is 0 Å². The Bertz CT molecular complexity index is 629. The Balaban J connectivity index is 1.94. The van der Waals surface area contributed by atoms with Crippen molar-refractivity contribution in [2.75, 3.05) is 5.73 Å². The van der Waals surface area contributed by atoms with Gasteiger partial charge in [-0.05, 0) is 35.9 Å². The fourth-order valence-corrected chi connectivity index (χ4v) is 2.28. The zero-order valence-electron chi connectivity index (χ0n) is 10.8. The van der Waals surface area contributed by atoms with Crippen LogP contribution in [0.4, 0.5) is 5.69 Å². The van der Waals surface area contributed by atoms with Crippen molar-refractivity contribution < 1.29 is 9.90 Å². The number of hydrogen-bond donors (Lipinski definition) is 3. The molecule has 4 nitrogen and oxygen atoms in total. The summed E-state index contributed by atoms with van der Waals surface area (Å²) in [5, 5.41) is 12.4. The normalized spacial score (nSPS) is 10.2. The van der Waals surface area contributed by atoms with Crippen LogP contribution in [-0.4, -0.2) is 11.0 Å². The van der Waals surface area contributed by atoms with Crippen LogP contribution in [0.3, 0.4) is 0 Å². The van der Waals surface area contributed by atoms with E-state index in [0.717, 1.165) is 10.0 Å². The van der Waals surface area contributed by atoms with Gasteiger partial charge in [-0.15, -0.1) is 0 Å². The average Bonchev–Trinajstić information content (AvgIpc) is 2.40. The molecule has 0 aliphatic rings. The number of carbonyl (C=O) groups excluding carboxylic acids is 1. The van der Waals surface area contributed by atoms with E-state index in [-0.39, 0.29) is 18.2 Å². The standard InChI is InChI=1S/C15H15BrN2O2/c16-12-3-1-2-10(6-12)7-15(20)18-9-11-8-13(17)4-5-14(11)19/h1-6,8,19H,7,9,17H2,(H,18,20). The highest BCUT2D eigenvalue weighted by atomic mass is 79.9. The number of halogens is 1. The first-order chi connectivity index (χ1) is 9.54. The molecular weight excluding hydrogens is 320 g/mol. The second-order valence-electron chi connectivity index (χ2n) is 4.47. The quantitative estimate of drug-likeness (QED) is 0.594. The first-order valence-electron chi connectivity index (χ1n) is 6.13. The van der Waals surface area contributed by atoms with Gasteiger partial charge in [-0.1, -0.05) is 28.1 Å². The Morgan fingerprint density at radius 2 is 2.05 bits per heavy atom. The molecule has 0 atom stereocenters. The molecule has 0 saturated carbocycles. The van der Waals surface area contributed by atoms with Crippen LogP contribution in [0.25, 0.3) is 0 Å². The van der Waals surface area contributed by atoms with E-state index in [1.54, 1.807) is 12.1 Å². The summed E-state index contributed by atoms with van der Waals surface area (Å²) in [6, 6.07) is 12.4. The fourth-order valence-electron chi connectivity index (χ4n) is 1.84. The predicted octanol–water partition coefficient (Wildman–Crippen LogP) is 2.60. The molecule has 0 aliphatic heterocycles. The van der Waals surface area contributed by atoms with Crippen molar-refractivity contribution in [2.45, 2.75) is 13.0 Å². The summed E-state index contributed by atoms with van der Waals surface area (Å²) in [6.07, 6.45) is 0.294. The molecule has 0 aliphatic carbocycles. The van der Waals surface area contributed by atoms with E-state index >= 15 is 0 Å². The van der Waals surface area contributed by atoms with Gasteiger partial charge in [-0.2, -0.15) is 0 Å². The molecule has 2 aromatic carbocycles. The number of rotatable bonds is 4. The van der Waals surface area contributed by atoms with Crippen LogP contribution in [0, 0.1) is 0 Å². The lowest BCUT2D eigenvalue weighted by atomic mass is 10.1. The molecule has 0 unspecified atom stereocenters. The van der Waals surface area contributed by atoms with E-state index in [2.05, 4.69) is 21.2 Å². The van der Waals surface area contributed by atoms with Crippen molar-refractivity contribution in [1.82, 2.24) is 5.32 Å². The van der Waals surface area contributed by atoms with Gasteiger partial charge in [0.2, 0.25) is 5.91 Å². The van der Waals surface area contributed by atoms with Crippen molar-refractivity contribution in [3.05, 3.63) is 58.1 Å². The van der Waals surface area contributed by atoms with Crippen LogP contribution in [0.15, 0.2) is 46.9 Å². The largest absolute Gasteiger partial charge is 0.508 e. The van der Waals surface area contributed by atoms with E-state index in [1.165, 1.54) is 6.07 Å². The Kier molecular flexibility index (Phi) is 4.63. The highest BCUT2D eigenvalue weighted by Gasteiger charge is 2.06. The minimum Gasteiger partial charge on any atom is -0.508 e. The zero-order chi connectivity index (χ0) is 14.5. The molecule has 1 amide bonds. The Morgan fingerprint density at radius 1 is 1.25 bits per heavy atom. The van der Waals surface area contributed by atoms with Crippen LogP contribution in [0.1, 0.15) is 11.1 Å². The molecule has 2 aromatic rings. The number of hydrogen-bond acceptors (Lipinski definition) is 3. The van der Waals surface area contributed by atoms with E-state index in [1.807, 2.05) is 24.3 Å². The third-order valence-electron chi connectivity index (χ3n) is 2.83. The number of nitrogens with one attached hydrogen (secondary N) is 1. The van der Waals surface area contributed by atoms with Crippen molar-refractivity contribution in [2.24, 2.45) is 0 Å². The first-order valence-corrected chi connectivity index (χ1v) is 6.92. The smallest absolute Gasteiger partial charge is 0.224 e. The number of anilines is 1. The Hall–Kier alpha value is -2.01. The number of aromatic hydroxyl groups is 1. The zero-order valence-corrected chi connectivity index (χ0v) is 12.4. The molecule has 2 rings (SSSR count). The van der Waals surface area contributed by atoms with Crippen molar-refractivity contribution in [1.29, 1.82) is 0 Å². The summed E-state index contributed by atoms with van der Waals surface area (Å²) in [5.41, 5.74) is 7.73. The van der Waals surface area contributed by atoms with Crippen LogP contribution < -0.4 is 11.1 Å². The number of phenols is 1. The maximum atomic E-state index is 11.9. The SMILES string of the molecule is Nc1ccc(O)c(CNC(=O)Cc2cccc(Br)c2)c1. The highest BCUT2D eigenvalue weighted by molar-refractivity contribution is 9.10. The molecular formula is C15H15BrN2O2. The summed E-state index contributed by atoms with van der Waals surface area (Å²) in [4.78, 5) is 11.9. The lowest BCUT2D eigenvalue weighted by Crippen LogP contribution is -2.24. The highest BCUT2D eigenvalue weighted by Crippen LogP contribution is 2.19. The number of phenolic OH excluding ortho intramolecular Hbond substituents is 1. The first kappa shape index (κ1) is 14.4. The second kappa shape index (κ2) is 6.43. The van der Waals surface area contributed by atoms with Gasteiger partial charge < -0.3 is 16.2 Å². The average molecular weight is 335 g/mol. The van der Waals surface area contributed by atoms with Gasteiger partial charge in [0.15, 0.2) is 0 Å². The summed E-state index contributed by atoms with van der Waals surface area (Å²) >= 11 is 3.37. The minimum absolute atomic E-state index is 0.107. The number of benzene rings is 2. The molecule has 0 heterocycles. The van der Waals surface area contributed by atoms with Crippen LogP contribution in [-0.2, 0) is 17.8 Å². The fraction of sp³-hybridized carbons (Fsp3) is 0.133. The summed E-state index contributed by atoms with van der Waals surface area (Å²) in [7, 11) is 0. The molecule has 0 spiro atoms. The number of carbonyl (C=O) groups is 1. The van der Waals surface area contributed by atoms with E-state index in [9.17, 15) is 9.90 Å². The van der Waals surface area contributed by atoms with E-state index in [0.29, 0.717) is 17.7 Å². The van der Waals surface area contributed by atoms with Crippen LogP contribution >= 0.6 is 15.9 Å². The van der Waals surface area contributed by atoms with Gasteiger partial charge in [0, 0.05) is 22.3 Å². The second-order valence-corrected chi connectivity index (χ2v) is 5.39. The molecule has 4 N–H and O–H groups in total. The van der Waals surface area contributed by atoms with Crippen molar-refractivity contribution in [3.8, 4) is 5.75 Å². The predicted molar refractivity (Wildman–Crippen MR) is 82.2 cm³/mol. The Morgan fingerprint density at radius 3 is 2.80 bits per heavy atom. The monoisotopic (exact) mass is 334 g/mol. The summed E-state index contributed by atoms with van der Waals surface area (Å²) in [5.74, 6) is 0.0203. The van der Waals surface area contributed by atoms with E-state index in [4.69, 9.17) is 5.73 Å². The molecule has 0 radical (unpaired) electrons. The van der Waals surface area contributed by atoms with Crippen molar-refractivity contribution in [3.63, 3.8) is 0 Å². The lowest BCUT2D eigenvalue weighted by Gasteiger charge is -2.08. The maximum absolute atomic E-state index is 11.9. The van der Waals surface area contributed by atoms with Gasteiger partial charge in [0.1, 0.15) is 5.75 Å². The molecule has 0 saturated heterocycles. The minimum atomic E-state index is -0.107. The van der Waals surface area contributed by atoms with Gasteiger partial charge in [0.05, 0.1) is 6.42 Å². The van der Waals surface area contributed by atoms with Gasteiger partial charge in [-0.3, -0.25) is 4.79 Å². The number of amides is 1. The molecule has 104 valence electrons. The third-order valence-corrected chi connectivity index (χ3v) is 3.33.